The molecule has 6 rings (SSSR count). The third-order valence-electron chi connectivity index (χ3n) is 7.88. The standard InChI is InChI=1S/C25H23F2N7O2/c1-24(2)14-6-7-25(24,19-9-28-10-20(30-19)34-12-29-23(33-34)18(36)11-35)22-13(14)8-17(31-32-22)21-15(26)4-3-5-16(21)27/h3-5,8-10,12,14,18,35-36H,6-7,11H2,1-2H3/t14-,18+,25-/m0/s1. The van der Waals surface area contributed by atoms with Crippen LogP contribution in [0.3, 0.4) is 0 Å². The van der Waals surface area contributed by atoms with Crippen molar-refractivity contribution >= 4 is 0 Å². The minimum absolute atomic E-state index is 0.0779. The molecule has 1 saturated carbocycles. The number of aliphatic hydroxyl groups excluding tert-OH is 2. The number of aromatic nitrogens is 7. The first-order valence-electron chi connectivity index (χ1n) is 11.6. The Labute approximate surface area is 204 Å². The maximum atomic E-state index is 14.5. The summed E-state index contributed by atoms with van der Waals surface area (Å²) in [7, 11) is 0. The minimum atomic E-state index is -1.19. The van der Waals surface area contributed by atoms with E-state index in [-0.39, 0.29) is 28.4 Å². The lowest BCUT2D eigenvalue weighted by molar-refractivity contribution is 0.0887. The molecule has 184 valence electrons. The Morgan fingerprint density at radius 1 is 1.17 bits per heavy atom. The molecule has 2 aliphatic carbocycles. The number of rotatable bonds is 5. The third-order valence-corrected chi connectivity index (χ3v) is 7.88. The van der Waals surface area contributed by atoms with Gasteiger partial charge in [-0.25, -0.2) is 23.4 Å². The zero-order valence-corrected chi connectivity index (χ0v) is 19.6. The molecular formula is C25H23F2N7O2. The van der Waals surface area contributed by atoms with E-state index in [9.17, 15) is 19.0 Å². The van der Waals surface area contributed by atoms with Crippen LogP contribution in [0.2, 0.25) is 0 Å². The van der Waals surface area contributed by atoms with Crippen molar-refractivity contribution in [1.82, 2.24) is 34.9 Å². The summed E-state index contributed by atoms with van der Waals surface area (Å²) in [5, 5.41) is 32.0. The number of hydrogen-bond acceptors (Lipinski definition) is 8. The molecule has 0 saturated heterocycles. The van der Waals surface area contributed by atoms with E-state index >= 15 is 0 Å². The van der Waals surface area contributed by atoms with Crippen LogP contribution >= 0.6 is 0 Å². The highest BCUT2D eigenvalue weighted by Crippen LogP contribution is 2.69. The summed E-state index contributed by atoms with van der Waals surface area (Å²) < 4.78 is 30.4. The van der Waals surface area contributed by atoms with Gasteiger partial charge >= 0.3 is 0 Å². The monoisotopic (exact) mass is 491 g/mol. The molecule has 3 atom stereocenters. The SMILES string of the molecule is CC1(C)[C@H]2CC[C@]1(c1cncc(-n3cnc([C@H](O)CO)n3)n1)c1nnc(-c3c(F)cccc3F)cc12. The smallest absolute Gasteiger partial charge is 0.181 e. The van der Waals surface area contributed by atoms with Crippen LogP contribution in [0.15, 0.2) is 43.0 Å². The van der Waals surface area contributed by atoms with Gasteiger partial charge in [0.2, 0.25) is 0 Å². The van der Waals surface area contributed by atoms with E-state index in [1.54, 1.807) is 12.3 Å². The normalized spacial score (nSPS) is 22.6. The van der Waals surface area contributed by atoms with Crippen LogP contribution < -0.4 is 0 Å². The van der Waals surface area contributed by atoms with Crippen molar-refractivity contribution in [3.63, 3.8) is 0 Å². The van der Waals surface area contributed by atoms with Crippen molar-refractivity contribution in [2.45, 2.75) is 44.1 Å². The fourth-order valence-corrected chi connectivity index (χ4v) is 6.05. The topological polar surface area (TPSA) is 123 Å². The minimum Gasteiger partial charge on any atom is -0.393 e. The quantitative estimate of drug-likeness (QED) is 0.437. The Hall–Kier alpha value is -3.70. The first kappa shape index (κ1) is 22.7. The van der Waals surface area contributed by atoms with Crippen LogP contribution in [0.25, 0.3) is 17.1 Å². The van der Waals surface area contributed by atoms with E-state index in [0.29, 0.717) is 11.5 Å². The molecule has 11 heteroatoms. The fourth-order valence-electron chi connectivity index (χ4n) is 6.05. The van der Waals surface area contributed by atoms with Gasteiger partial charge in [-0.05, 0) is 47.9 Å². The van der Waals surface area contributed by atoms with Crippen LogP contribution in [-0.2, 0) is 5.41 Å². The van der Waals surface area contributed by atoms with Gasteiger partial charge in [-0.15, -0.1) is 10.2 Å². The van der Waals surface area contributed by atoms with Crippen molar-refractivity contribution in [3.05, 3.63) is 77.4 Å². The second kappa shape index (κ2) is 7.90. The van der Waals surface area contributed by atoms with Crippen LogP contribution in [0.5, 0.6) is 0 Å². The lowest BCUT2D eigenvalue weighted by Crippen LogP contribution is -2.38. The van der Waals surface area contributed by atoms with Gasteiger partial charge in [0.1, 0.15) is 24.1 Å². The Bertz CT molecular complexity index is 1470. The Kier molecular flexibility index (Phi) is 4.99. The lowest BCUT2D eigenvalue weighted by atomic mass is 9.66. The van der Waals surface area contributed by atoms with Crippen molar-refractivity contribution < 1.29 is 19.0 Å². The molecule has 2 aliphatic rings. The summed E-state index contributed by atoms with van der Waals surface area (Å²) in [5.74, 6) is -0.790. The summed E-state index contributed by atoms with van der Waals surface area (Å²) in [5.41, 5.74) is 1.40. The van der Waals surface area contributed by atoms with E-state index in [4.69, 9.17) is 4.98 Å². The maximum absolute atomic E-state index is 14.5. The molecule has 4 aromatic rings. The summed E-state index contributed by atoms with van der Waals surface area (Å²) in [6.07, 6.45) is 5.07. The molecule has 1 aromatic carbocycles. The number of aliphatic hydroxyl groups is 2. The Morgan fingerprint density at radius 2 is 1.94 bits per heavy atom. The summed E-state index contributed by atoms with van der Waals surface area (Å²) in [6.45, 7) is 3.80. The first-order chi connectivity index (χ1) is 17.3. The van der Waals surface area contributed by atoms with Gasteiger partial charge in [0.25, 0.3) is 0 Å². The van der Waals surface area contributed by atoms with Gasteiger partial charge in [0.05, 0.1) is 40.9 Å². The average Bonchev–Trinajstić information content (AvgIpc) is 3.52. The largest absolute Gasteiger partial charge is 0.393 e. The van der Waals surface area contributed by atoms with E-state index < -0.39 is 29.8 Å². The van der Waals surface area contributed by atoms with Crippen molar-refractivity contribution in [2.24, 2.45) is 5.41 Å². The van der Waals surface area contributed by atoms with Crippen molar-refractivity contribution in [3.8, 4) is 17.1 Å². The molecule has 2 N–H and O–H groups in total. The molecule has 2 bridgehead atoms. The molecule has 0 spiro atoms. The number of benzene rings is 1. The molecule has 3 heterocycles. The van der Waals surface area contributed by atoms with E-state index in [2.05, 4.69) is 39.1 Å². The van der Waals surface area contributed by atoms with Gasteiger partial charge in [-0.2, -0.15) is 5.10 Å². The number of hydrogen-bond donors (Lipinski definition) is 2. The fraction of sp³-hybridized carbons (Fsp3) is 0.360. The van der Waals surface area contributed by atoms with Gasteiger partial charge < -0.3 is 10.2 Å². The first-order valence-corrected chi connectivity index (χ1v) is 11.6. The predicted octanol–water partition coefficient (Wildman–Crippen LogP) is 3.02. The highest BCUT2D eigenvalue weighted by molar-refractivity contribution is 5.64. The van der Waals surface area contributed by atoms with Crippen LogP contribution in [-0.4, -0.2) is 51.7 Å². The third kappa shape index (κ3) is 2.99. The van der Waals surface area contributed by atoms with E-state index in [0.717, 1.165) is 24.1 Å². The average molecular weight is 492 g/mol. The van der Waals surface area contributed by atoms with Crippen LogP contribution in [0, 0.1) is 17.0 Å². The zero-order chi connectivity index (χ0) is 25.2. The molecule has 0 amide bonds. The van der Waals surface area contributed by atoms with Gasteiger partial charge in [0, 0.05) is 6.20 Å². The van der Waals surface area contributed by atoms with Crippen molar-refractivity contribution in [1.29, 1.82) is 0 Å². The number of halogens is 2. The molecule has 0 aliphatic heterocycles. The molecule has 36 heavy (non-hydrogen) atoms. The summed E-state index contributed by atoms with van der Waals surface area (Å²) in [6, 6.07) is 5.50. The van der Waals surface area contributed by atoms with Crippen LogP contribution in [0.1, 0.15) is 61.5 Å². The highest BCUT2D eigenvalue weighted by atomic mass is 19.1. The molecule has 9 nitrogen and oxygen atoms in total. The lowest BCUT2D eigenvalue weighted by Gasteiger charge is -2.37. The molecular weight excluding hydrogens is 468 g/mol. The molecule has 0 unspecified atom stereocenters. The van der Waals surface area contributed by atoms with Crippen LogP contribution in [0.4, 0.5) is 8.78 Å². The Balaban J connectivity index is 1.47. The second-order valence-electron chi connectivity index (χ2n) is 9.86. The zero-order valence-electron chi connectivity index (χ0n) is 19.6. The van der Waals surface area contributed by atoms with Crippen molar-refractivity contribution in [2.75, 3.05) is 6.61 Å². The molecule has 1 fully saturated rings. The Morgan fingerprint density at radius 3 is 2.69 bits per heavy atom. The second-order valence-corrected chi connectivity index (χ2v) is 9.86. The van der Waals surface area contributed by atoms with E-state index in [1.807, 2.05) is 0 Å². The molecule has 0 radical (unpaired) electrons. The predicted molar refractivity (Wildman–Crippen MR) is 123 cm³/mol. The van der Waals surface area contributed by atoms with Gasteiger partial charge in [0.15, 0.2) is 11.6 Å². The van der Waals surface area contributed by atoms with Gasteiger partial charge in [-0.3, -0.25) is 4.98 Å². The number of nitrogens with zero attached hydrogens (tertiary/aromatic N) is 7. The summed E-state index contributed by atoms with van der Waals surface area (Å²) >= 11 is 0. The maximum Gasteiger partial charge on any atom is 0.181 e. The number of fused-ring (bicyclic) bond motifs is 5. The molecule has 3 aromatic heterocycles. The highest BCUT2D eigenvalue weighted by Gasteiger charge is 2.65. The van der Waals surface area contributed by atoms with Gasteiger partial charge in [-0.1, -0.05) is 19.9 Å². The summed E-state index contributed by atoms with van der Waals surface area (Å²) in [4.78, 5) is 13.3. The van der Waals surface area contributed by atoms with E-state index in [1.165, 1.54) is 35.4 Å².